The predicted molar refractivity (Wildman–Crippen MR) is 63.6 cm³/mol. The second kappa shape index (κ2) is 4.09. The van der Waals surface area contributed by atoms with Gasteiger partial charge in [-0.15, -0.1) is 0 Å². The first kappa shape index (κ1) is 12.4. The summed E-state index contributed by atoms with van der Waals surface area (Å²) in [5, 5.41) is 0. The molecule has 0 spiro atoms. The van der Waals surface area contributed by atoms with E-state index >= 15 is 0 Å². The van der Waals surface area contributed by atoms with Gasteiger partial charge in [0.2, 0.25) is 0 Å². The molecule has 0 bridgehead atoms. The van der Waals surface area contributed by atoms with Crippen molar-refractivity contribution in [2.75, 3.05) is 0 Å². The van der Waals surface area contributed by atoms with Gasteiger partial charge in [-0.1, -0.05) is 19.9 Å². The highest BCUT2D eigenvalue weighted by Gasteiger charge is 2.41. The molecule has 0 saturated carbocycles. The number of carbonyl (C=O) groups excluding carboxylic acids is 1. The molecular weight excluding hydrogens is 186 g/mol. The van der Waals surface area contributed by atoms with Crippen molar-refractivity contribution in [3.8, 4) is 0 Å². The Balaban J connectivity index is 2.88. The number of nitrogens with two attached hydrogens (primary N) is 1. The second-order valence-electron chi connectivity index (χ2n) is 5.65. The minimum Gasteiger partial charge on any atom is -0.325 e. The molecule has 0 amide bonds. The van der Waals surface area contributed by atoms with E-state index in [1.54, 1.807) is 0 Å². The van der Waals surface area contributed by atoms with Crippen molar-refractivity contribution < 1.29 is 4.79 Å². The quantitative estimate of drug-likeness (QED) is 0.776. The molecule has 0 aromatic carbocycles. The molecule has 1 aliphatic carbocycles. The number of hydrogen-bond donors (Lipinski definition) is 1. The van der Waals surface area contributed by atoms with Crippen molar-refractivity contribution in [3.05, 3.63) is 11.6 Å². The Bertz CT molecular complexity index is 281. The molecule has 0 aliphatic heterocycles. The zero-order valence-electron chi connectivity index (χ0n) is 10.4. The molecule has 0 unspecified atom stereocenters. The average Bonchev–Trinajstić information content (AvgIpc) is 2.16. The number of rotatable bonds is 3. The molecule has 0 atom stereocenters. The molecule has 2 nitrogen and oxygen atoms in total. The predicted octanol–water partition coefficient (Wildman–Crippen LogP) is 2.82. The highest BCUT2D eigenvalue weighted by Crippen LogP contribution is 2.34. The van der Waals surface area contributed by atoms with E-state index in [0.717, 1.165) is 24.8 Å². The summed E-state index contributed by atoms with van der Waals surface area (Å²) in [7, 11) is 0. The summed E-state index contributed by atoms with van der Waals surface area (Å²) < 4.78 is 0. The van der Waals surface area contributed by atoms with Crippen LogP contribution in [0.4, 0.5) is 0 Å². The van der Waals surface area contributed by atoms with E-state index < -0.39 is 11.0 Å². The van der Waals surface area contributed by atoms with Crippen LogP contribution < -0.4 is 5.73 Å². The summed E-state index contributed by atoms with van der Waals surface area (Å²) in [5.41, 5.74) is 6.12. The lowest BCUT2D eigenvalue weighted by atomic mass is 9.69. The third-order valence-corrected chi connectivity index (χ3v) is 3.76. The van der Waals surface area contributed by atoms with E-state index in [1.807, 2.05) is 27.7 Å². The Hall–Kier alpha value is -0.630. The zero-order valence-corrected chi connectivity index (χ0v) is 10.4. The zero-order chi connectivity index (χ0) is 11.7. The van der Waals surface area contributed by atoms with Crippen LogP contribution in [0.25, 0.3) is 0 Å². The van der Waals surface area contributed by atoms with Gasteiger partial charge in [0.1, 0.15) is 0 Å². The molecule has 0 fully saturated rings. The topological polar surface area (TPSA) is 43.1 Å². The van der Waals surface area contributed by atoms with Gasteiger partial charge in [0.25, 0.3) is 0 Å². The van der Waals surface area contributed by atoms with Crippen LogP contribution in [0.2, 0.25) is 0 Å². The number of Topliss-reactive ketones (excluding diaryl/α,β-unsaturated/α-hetero) is 1. The van der Waals surface area contributed by atoms with Gasteiger partial charge in [-0.3, -0.25) is 4.79 Å². The molecule has 2 heteroatoms. The molecule has 15 heavy (non-hydrogen) atoms. The van der Waals surface area contributed by atoms with Crippen molar-refractivity contribution >= 4 is 5.78 Å². The normalized spacial score (nSPS) is 18.6. The van der Waals surface area contributed by atoms with E-state index in [-0.39, 0.29) is 5.78 Å². The highest BCUT2D eigenvalue weighted by atomic mass is 16.1. The van der Waals surface area contributed by atoms with Crippen LogP contribution in [0.15, 0.2) is 11.6 Å². The Morgan fingerprint density at radius 3 is 2.27 bits per heavy atom. The average molecular weight is 209 g/mol. The van der Waals surface area contributed by atoms with Gasteiger partial charge in [-0.2, -0.15) is 0 Å². The van der Waals surface area contributed by atoms with E-state index in [0.29, 0.717) is 0 Å². The molecule has 0 saturated heterocycles. The molecular formula is C13H23NO. The summed E-state index contributed by atoms with van der Waals surface area (Å²) >= 11 is 0. The summed E-state index contributed by atoms with van der Waals surface area (Å²) in [4.78, 5) is 12.3. The SMILES string of the molecule is CC(C)(N)C(C)(C)C(=O)C1=CCCCC1. The summed E-state index contributed by atoms with van der Waals surface area (Å²) in [5.74, 6) is 0.231. The lowest BCUT2D eigenvalue weighted by Crippen LogP contribution is -2.52. The van der Waals surface area contributed by atoms with Gasteiger partial charge in [0.05, 0.1) is 0 Å². The van der Waals surface area contributed by atoms with Crippen molar-refractivity contribution in [2.24, 2.45) is 11.1 Å². The first-order valence-corrected chi connectivity index (χ1v) is 5.79. The van der Waals surface area contributed by atoms with E-state index in [2.05, 4.69) is 6.08 Å². The van der Waals surface area contributed by atoms with Crippen LogP contribution in [-0.4, -0.2) is 11.3 Å². The smallest absolute Gasteiger partial charge is 0.165 e. The largest absolute Gasteiger partial charge is 0.325 e. The lowest BCUT2D eigenvalue weighted by molar-refractivity contribution is -0.126. The third-order valence-electron chi connectivity index (χ3n) is 3.76. The third kappa shape index (κ3) is 2.49. The molecule has 0 aromatic rings. The van der Waals surface area contributed by atoms with Gasteiger partial charge in [0, 0.05) is 11.0 Å². The highest BCUT2D eigenvalue weighted by molar-refractivity contribution is 6.00. The number of carbonyl (C=O) groups is 1. The van der Waals surface area contributed by atoms with Crippen LogP contribution in [0.5, 0.6) is 0 Å². The van der Waals surface area contributed by atoms with Gasteiger partial charge < -0.3 is 5.73 Å². The summed E-state index contributed by atoms with van der Waals surface area (Å²) in [6.07, 6.45) is 6.42. The lowest BCUT2D eigenvalue weighted by Gasteiger charge is -2.38. The molecule has 1 aliphatic rings. The van der Waals surface area contributed by atoms with E-state index in [9.17, 15) is 4.79 Å². The number of allylic oxidation sites excluding steroid dienone is 2. The Kier molecular flexibility index (Phi) is 3.39. The molecule has 0 aromatic heterocycles. The first-order chi connectivity index (χ1) is 6.77. The van der Waals surface area contributed by atoms with Gasteiger partial charge in [-0.25, -0.2) is 0 Å². The summed E-state index contributed by atoms with van der Waals surface area (Å²) in [6.45, 7) is 7.75. The number of ketones is 1. The minimum absolute atomic E-state index is 0.231. The first-order valence-electron chi connectivity index (χ1n) is 5.79. The fourth-order valence-electron chi connectivity index (χ4n) is 1.74. The molecule has 86 valence electrons. The van der Waals surface area contributed by atoms with Gasteiger partial charge >= 0.3 is 0 Å². The van der Waals surface area contributed by atoms with Crippen LogP contribution in [0.3, 0.4) is 0 Å². The monoisotopic (exact) mass is 209 g/mol. The van der Waals surface area contributed by atoms with Crippen molar-refractivity contribution in [1.29, 1.82) is 0 Å². The Morgan fingerprint density at radius 2 is 1.87 bits per heavy atom. The van der Waals surface area contributed by atoms with Crippen molar-refractivity contribution in [2.45, 2.75) is 58.9 Å². The van der Waals surface area contributed by atoms with Gasteiger partial charge in [0.15, 0.2) is 5.78 Å². The molecule has 0 heterocycles. The fourth-order valence-corrected chi connectivity index (χ4v) is 1.74. The molecule has 2 N–H and O–H groups in total. The molecule has 1 rings (SSSR count). The number of hydrogen-bond acceptors (Lipinski definition) is 2. The minimum atomic E-state index is -0.476. The Morgan fingerprint density at radius 1 is 1.27 bits per heavy atom. The standard InChI is InChI=1S/C13H23NO/c1-12(2,13(3,4)14)11(15)10-8-6-5-7-9-10/h8H,5-7,9,14H2,1-4H3. The van der Waals surface area contributed by atoms with Crippen LogP contribution in [0, 0.1) is 5.41 Å². The van der Waals surface area contributed by atoms with Crippen molar-refractivity contribution in [3.63, 3.8) is 0 Å². The van der Waals surface area contributed by atoms with Crippen LogP contribution in [-0.2, 0) is 4.79 Å². The fraction of sp³-hybridized carbons (Fsp3) is 0.769. The van der Waals surface area contributed by atoms with Crippen molar-refractivity contribution in [1.82, 2.24) is 0 Å². The van der Waals surface area contributed by atoms with E-state index in [4.69, 9.17) is 5.73 Å². The summed E-state index contributed by atoms with van der Waals surface area (Å²) in [6, 6.07) is 0. The van der Waals surface area contributed by atoms with E-state index in [1.165, 1.54) is 6.42 Å². The maximum atomic E-state index is 12.3. The maximum Gasteiger partial charge on any atom is 0.165 e. The Labute approximate surface area is 92.9 Å². The van der Waals surface area contributed by atoms with Gasteiger partial charge in [-0.05, 0) is 45.1 Å². The maximum absolute atomic E-state index is 12.3. The van der Waals surface area contributed by atoms with Crippen LogP contribution >= 0.6 is 0 Å². The molecule has 0 radical (unpaired) electrons. The van der Waals surface area contributed by atoms with Crippen LogP contribution in [0.1, 0.15) is 53.4 Å². The second-order valence-corrected chi connectivity index (χ2v) is 5.65.